The average molecular weight is 237 g/mol. The summed E-state index contributed by atoms with van der Waals surface area (Å²) in [6, 6.07) is 12.3. The minimum Gasteiger partial charge on any atom is -0.342 e. The minimum absolute atomic E-state index is 0.632. The molecule has 0 aliphatic carbocycles. The minimum atomic E-state index is 0.632. The number of pyridine rings is 1. The van der Waals surface area contributed by atoms with Crippen LogP contribution in [-0.2, 0) is 6.42 Å². The van der Waals surface area contributed by atoms with Crippen LogP contribution in [0.3, 0.4) is 0 Å². The molecule has 3 nitrogen and oxygen atoms in total. The molecule has 0 saturated carbocycles. The summed E-state index contributed by atoms with van der Waals surface area (Å²) >= 11 is 0. The van der Waals surface area contributed by atoms with Gasteiger partial charge in [-0.15, -0.1) is 0 Å². The molecule has 90 valence electrons. The highest BCUT2D eigenvalue weighted by atomic mass is 15.1. The Morgan fingerprint density at radius 2 is 1.94 bits per heavy atom. The summed E-state index contributed by atoms with van der Waals surface area (Å²) in [6.07, 6.45) is 4.38. The molecule has 0 aliphatic rings. The molecule has 0 radical (unpaired) electrons. The molecule has 2 rings (SSSR count). The Balaban J connectivity index is 2.35. The van der Waals surface area contributed by atoms with Gasteiger partial charge in [-0.3, -0.25) is 4.98 Å². The standard InChI is InChI=1S/C15H15N3/c1-3-12-4-6-14(7-5-12)18(2)15-11-17-9-8-13(15)10-16/h4-9,11H,3H2,1-2H3. The molecule has 0 amide bonds. The maximum Gasteiger partial charge on any atom is 0.101 e. The Morgan fingerprint density at radius 3 is 2.56 bits per heavy atom. The molecule has 3 heteroatoms. The summed E-state index contributed by atoms with van der Waals surface area (Å²) in [5, 5.41) is 9.09. The maximum atomic E-state index is 9.09. The van der Waals surface area contributed by atoms with E-state index in [1.165, 1.54) is 5.56 Å². The van der Waals surface area contributed by atoms with E-state index >= 15 is 0 Å². The fourth-order valence-electron chi connectivity index (χ4n) is 1.84. The zero-order chi connectivity index (χ0) is 13.0. The summed E-state index contributed by atoms with van der Waals surface area (Å²) < 4.78 is 0. The Bertz CT molecular complexity index is 567. The van der Waals surface area contributed by atoms with Crippen molar-refractivity contribution in [2.24, 2.45) is 0 Å². The molecule has 2 aromatic rings. The van der Waals surface area contributed by atoms with Gasteiger partial charge in [0.15, 0.2) is 0 Å². The average Bonchev–Trinajstić information content (AvgIpc) is 2.46. The molecule has 0 bridgehead atoms. The van der Waals surface area contributed by atoms with Crippen molar-refractivity contribution >= 4 is 11.4 Å². The van der Waals surface area contributed by atoms with E-state index < -0.39 is 0 Å². The van der Waals surface area contributed by atoms with Gasteiger partial charge in [0.25, 0.3) is 0 Å². The van der Waals surface area contributed by atoms with Crippen LogP contribution in [0.25, 0.3) is 0 Å². The van der Waals surface area contributed by atoms with Crippen molar-refractivity contribution in [3.8, 4) is 6.07 Å². The van der Waals surface area contributed by atoms with Crippen molar-refractivity contribution in [3.05, 3.63) is 53.9 Å². The van der Waals surface area contributed by atoms with Crippen LogP contribution in [0.4, 0.5) is 11.4 Å². The molecule has 1 aromatic carbocycles. The van der Waals surface area contributed by atoms with E-state index in [2.05, 4.69) is 42.2 Å². The largest absolute Gasteiger partial charge is 0.342 e. The van der Waals surface area contributed by atoms with Crippen LogP contribution in [0.2, 0.25) is 0 Å². The Kier molecular flexibility index (Phi) is 3.59. The summed E-state index contributed by atoms with van der Waals surface area (Å²) in [5.74, 6) is 0. The molecule has 0 atom stereocenters. The SMILES string of the molecule is CCc1ccc(N(C)c2cnccc2C#N)cc1. The van der Waals surface area contributed by atoms with Crippen LogP contribution in [0, 0.1) is 11.3 Å². The second kappa shape index (κ2) is 5.33. The van der Waals surface area contributed by atoms with Gasteiger partial charge in [0.1, 0.15) is 6.07 Å². The fraction of sp³-hybridized carbons (Fsp3) is 0.200. The Morgan fingerprint density at radius 1 is 1.22 bits per heavy atom. The Labute approximate surface area is 107 Å². The lowest BCUT2D eigenvalue weighted by atomic mass is 10.1. The van der Waals surface area contributed by atoms with Crippen molar-refractivity contribution in [2.75, 3.05) is 11.9 Å². The third-order valence-electron chi connectivity index (χ3n) is 3.01. The van der Waals surface area contributed by atoms with Crippen LogP contribution < -0.4 is 4.90 Å². The third kappa shape index (κ3) is 2.33. The molecule has 1 aromatic heterocycles. The number of hydrogen-bond acceptors (Lipinski definition) is 3. The molecular formula is C15H15N3. The van der Waals surface area contributed by atoms with Crippen LogP contribution >= 0.6 is 0 Å². The van der Waals surface area contributed by atoms with E-state index in [1.54, 1.807) is 18.5 Å². The number of nitriles is 1. The van der Waals surface area contributed by atoms with Crippen molar-refractivity contribution < 1.29 is 0 Å². The predicted molar refractivity (Wildman–Crippen MR) is 72.8 cm³/mol. The van der Waals surface area contributed by atoms with Crippen molar-refractivity contribution in [1.82, 2.24) is 4.98 Å². The van der Waals surface area contributed by atoms with Crippen LogP contribution in [0.15, 0.2) is 42.7 Å². The smallest absolute Gasteiger partial charge is 0.101 e. The molecule has 18 heavy (non-hydrogen) atoms. The van der Waals surface area contributed by atoms with E-state index in [9.17, 15) is 0 Å². The monoisotopic (exact) mass is 237 g/mol. The van der Waals surface area contributed by atoms with Gasteiger partial charge in [0, 0.05) is 18.9 Å². The predicted octanol–water partition coefficient (Wildman–Crippen LogP) is 3.28. The van der Waals surface area contributed by atoms with Crippen LogP contribution in [-0.4, -0.2) is 12.0 Å². The number of aryl methyl sites for hydroxylation is 1. The maximum absolute atomic E-state index is 9.09. The molecule has 0 unspecified atom stereocenters. The molecule has 0 N–H and O–H groups in total. The number of anilines is 2. The van der Waals surface area contributed by atoms with Gasteiger partial charge < -0.3 is 4.90 Å². The number of hydrogen-bond donors (Lipinski definition) is 0. The van der Waals surface area contributed by atoms with Gasteiger partial charge in [-0.05, 0) is 30.2 Å². The van der Waals surface area contributed by atoms with Gasteiger partial charge in [0.05, 0.1) is 17.4 Å². The van der Waals surface area contributed by atoms with E-state index in [0.29, 0.717) is 5.56 Å². The first-order valence-corrected chi connectivity index (χ1v) is 5.93. The second-order valence-electron chi connectivity index (χ2n) is 4.08. The van der Waals surface area contributed by atoms with Gasteiger partial charge >= 0.3 is 0 Å². The summed E-state index contributed by atoms with van der Waals surface area (Å²) in [5.41, 5.74) is 3.81. The first kappa shape index (κ1) is 12.1. The second-order valence-corrected chi connectivity index (χ2v) is 4.08. The number of aromatic nitrogens is 1. The van der Waals surface area contributed by atoms with E-state index in [4.69, 9.17) is 5.26 Å². The molecule has 0 aliphatic heterocycles. The lowest BCUT2D eigenvalue weighted by Crippen LogP contribution is -2.11. The number of benzene rings is 1. The van der Waals surface area contributed by atoms with Crippen LogP contribution in [0.5, 0.6) is 0 Å². The third-order valence-corrected chi connectivity index (χ3v) is 3.01. The Hall–Kier alpha value is -2.34. The van der Waals surface area contributed by atoms with Gasteiger partial charge in [-0.1, -0.05) is 19.1 Å². The first-order valence-electron chi connectivity index (χ1n) is 5.93. The lowest BCUT2D eigenvalue weighted by molar-refractivity contribution is 1.12. The number of rotatable bonds is 3. The topological polar surface area (TPSA) is 39.9 Å². The van der Waals surface area contributed by atoms with Gasteiger partial charge in [0.2, 0.25) is 0 Å². The van der Waals surface area contributed by atoms with Gasteiger partial charge in [-0.25, -0.2) is 0 Å². The molecule has 0 spiro atoms. The zero-order valence-corrected chi connectivity index (χ0v) is 10.6. The van der Waals surface area contributed by atoms with Crippen LogP contribution in [0.1, 0.15) is 18.1 Å². The highest BCUT2D eigenvalue weighted by Crippen LogP contribution is 2.25. The fourth-order valence-corrected chi connectivity index (χ4v) is 1.84. The number of nitrogens with zero attached hydrogens (tertiary/aromatic N) is 3. The molecule has 0 saturated heterocycles. The summed E-state index contributed by atoms with van der Waals surface area (Å²) in [4.78, 5) is 6.06. The molecule has 1 heterocycles. The quantitative estimate of drug-likeness (QED) is 0.822. The first-order chi connectivity index (χ1) is 8.76. The highest BCUT2D eigenvalue weighted by Gasteiger charge is 2.08. The van der Waals surface area contributed by atoms with Gasteiger partial charge in [-0.2, -0.15) is 5.26 Å². The van der Waals surface area contributed by atoms with E-state index in [1.807, 2.05) is 11.9 Å². The highest BCUT2D eigenvalue weighted by molar-refractivity contribution is 5.67. The normalized spacial score (nSPS) is 9.83. The molecular weight excluding hydrogens is 222 g/mol. The summed E-state index contributed by atoms with van der Waals surface area (Å²) in [6.45, 7) is 2.13. The lowest BCUT2D eigenvalue weighted by Gasteiger charge is -2.20. The van der Waals surface area contributed by atoms with E-state index in [-0.39, 0.29) is 0 Å². The van der Waals surface area contributed by atoms with Crippen molar-refractivity contribution in [2.45, 2.75) is 13.3 Å². The van der Waals surface area contributed by atoms with Crippen molar-refractivity contribution in [3.63, 3.8) is 0 Å². The molecule has 0 fully saturated rings. The zero-order valence-electron chi connectivity index (χ0n) is 10.6. The van der Waals surface area contributed by atoms with Crippen molar-refractivity contribution in [1.29, 1.82) is 5.26 Å². The summed E-state index contributed by atoms with van der Waals surface area (Å²) in [7, 11) is 1.94. The van der Waals surface area contributed by atoms with E-state index in [0.717, 1.165) is 17.8 Å².